The number of nitrogens with zero attached hydrogens (tertiary/aromatic N) is 4. The summed E-state index contributed by atoms with van der Waals surface area (Å²) in [6.07, 6.45) is 1.53. The van der Waals surface area contributed by atoms with E-state index in [2.05, 4.69) is 26.8 Å². The maximum absolute atomic E-state index is 5.88. The van der Waals surface area contributed by atoms with Gasteiger partial charge in [-0.25, -0.2) is 15.0 Å². The highest BCUT2D eigenvalue weighted by molar-refractivity contribution is 6.29. The molecular formula is C12H13ClN4O. The van der Waals surface area contributed by atoms with Crippen molar-refractivity contribution in [1.29, 1.82) is 0 Å². The lowest BCUT2D eigenvalue weighted by Crippen LogP contribution is -2.44. The van der Waals surface area contributed by atoms with Crippen molar-refractivity contribution in [2.24, 2.45) is 0 Å². The van der Waals surface area contributed by atoms with Gasteiger partial charge in [-0.15, -0.1) is 0 Å². The second kappa shape index (κ2) is 4.66. The third-order valence-electron chi connectivity index (χ3n) is 3.08. The second-order valence-electron chi connectivity index (χ2n) is 4.32. The first kappa shape index (κ1) is 11.6. The minimum absolute atomic E-state index is 0.299. The van der Waals surface area contributed by atoms with Gasteiger partial charge in [0.1, 0.15) is 17.3 Å². The third-order valence-corrected chi connectivity index (χ3v) is 3.29. The molecule has 0 spiro atoms. The monoisotopic (exact) mass is 264 g/mol. The van der Waals surface area contributed by atoms with Gasteiger partial charge in [0.05, 0.1) is 24.6 Å². The Hall–Kier alpha value is -1.46. The fourth-order valence-corrected chi connectivity index (χ4v) is 2.32. The number of halogens is 1. The molecule has 6 heteroatoms. The Morgan fingerprint density at radius 3 is 3.11 bits per heavy atom. The van der Waals surface area contributed by atoms with E-state index in [1.807, 2.05) is 6.07 Å². The van der Waals surface area contributed by atoms with Gasteiger partial charge in [-0.3, -0.25) is 0 Å². The topological polar surface area (TPSA) is 51.1 Å². The van der Waals surface area contributed by atoms with Crippen molar-refractivity contribution < 1.29 is 4.74 Å². The van der Waals surface area contributed by atoms with Crippen LogP contribution >= 0.6 is 11.6 Å². The van der Waals surface area contributed by atoms with Crippen molar-refractivity contribution in [2.75, 3.05) is 24.7 Å². The zero-order chi connectivity index (χ0) is 12.5. The molecule has 1 aliphatic rings. The lowest BCUT2D eigenvalue weighted by molar-refractivity contribution is 0.0987. The van der Waals surface area contributed by atoms with Crippen LogP contribution in [-0.2, 0) is 4.74 Å². The molecular weight excluding hydrogens is 252 g/mol. The van der Waals surface area contributed by atoms with Crippen molar-refractivity contribution in [1.82, 2.24) is 15.0 Å². The highest BCUT2D eigenvalue weighted by Gasteiger charge is 2.22. The van der Waals surface area contributed by atoms with E-state index in [4.69, 9.17) is 16.3 Å². The zero-order valence-corrected chi connectivity index (χ0v) is 10.8. The summed E-state index contributed by atoms with van der Waals surface area (Å²) in [7, 11) is 0. The van der Waals surface area contributed by atoms with E-state index in [1.54, 1.807) is 6.07 Å². The number of fused-ring (bicyclic) bond motifs is 1. The lowest BCUT2D eigenvalue weighted by Gasteiger charge is -2.34. The molecule has 0 N–H and O–H groups in total. The largest absolute Gasteiger partial charge is 0.377 e. The maximum atomic E-state index is 5.88. The average Bonchev–Trinajstić information content (AvgIpc) is 2.38. The number of hydrogen-bond acceptors (Lipinski definition) is 5. The summed E-state index contributed by atoms with van der Waals surface area (Å²) in [5.41, 5.74) is 0.631. The number of rotatable bonds is 1. The third kappa shape index (κ3) is 2.00. The molecule has 2 aromatic rings. The number of aromatic nitrogens is 3. The minimum atomic E-state index is 0.299. The van der Waals surface area contributed by atoms with Gasteiger partial charge >= 0.3 is 0 Å². The quantitative estimate of drug-likeness (QED) is 0.737. The van der Waals surface area contributed by atoms with Crippen LogP contribution in [0.2, 0.25) is 5.15 Å². The normalized spacial score (nSPS) is 20.3. The molecule has 0 aliphatic carbocycles. The van der Waals surface area contributed by atoms with Gasteiger partial charge < -0.3 is 9.64 Å². The molecule has 5 nitrogen and oxygen atoms in total. The van der Waals surface area contributed by atoms with Crippen LogP contribution in [0.1, 0.15) is 6.92 Å². The molecule has 2 aromatic heterocycles. The van der Waals surface area contributed by atoms with Crippen molar-refractivity contribution in [3.63, 3.8) is 0 Å². The molecule has 18 heavy (non-hydrogen) atoms. The molecule has 1 unspecified atom stereocenters. The average molecular weight is 265 g/mol. The van der Waals surface area contributed by atoms with Gasteiger partial charge in [0.2, 0.25) is 0 Å². The van der Waals surface area contributed by atoms with Gasteiger partial charge in [0, 0.05) is 6.54 Å². The Bertz CT molecular complexity index is 577. The van der Waals surface area contributed by atoms with Crippen LogP contribution in [0.4, 0.5) is 5.82 Å². The van der Waals surface area contributed by atoms with Crippen molar-refractivity contribution in [3.8, 4) is 0 Å². The molecule has 3 rings (SSSR count). The maximum Gasteiger partial charge on any atom is 0.166 e. The molecule has 94 valence electrons. The van der Waals surface area contributed by atoms with Crippen LogP contribution in [0.25, 0.3) is 11.0 Å². The molecule has 0 bridgehead atoms. The van der Waals surface area contributed by atoms with E-state index in [1.165, 1.54) is 6.33 Å². The molecule has 1 aliphatic heterocycles. The predicted octanol–water partition coefficient (Wildman–Crippen LogP) is 1.90. The van der Waals surface area contributed by atoms with Crippen LogP contribution in [0, 0.1) is 0 Å². The number of morpholine rings is 1. The van der Waals surface area contributed by atoms with E-state index in [0.717, 1.165) is 24.4 Å². The molecule has 1 saturated heterocycles. The number of ether oxygens (including phenoxy) is 1. The summed E-state index contributed by atoms with van der Waals surface area (Å²) < 4.78 is 5.44. The molecule has 0 amide bonds. The zero-order valence-electron chi connectivity index (χ0n) is 10.0. The van der Waals surface area contributed by atoms with Crippen LogP contribution in [0.5, 0.6) is 0 Å². The summed E-state index contributed by atoms with van der Waals surface area (Å²) in [4.78, 5) is 15.0. The summed E-state index contributed by atoms with van der Waals surface area (Å²) in [5.74, 6) is 0.903. The van der Waals surface area contributed by atoms with E-state index < -0.39 is 0 Å². The Labute approximate surface area is 110 Å². The standard InChI is InChI=1S/C12H13ClN4O/c1-8-6-18-5-4-17(8)12-9-2-3-10(13)16-11(9)14-7-15-12/h2-3,7-8H,4-6H2,1H3. The van der Waals surface area contributed by atoms with Crippen LogP contribution < -0.4 is 4.90 Å². The van der Waals surface area contributed by atoms with E-state index in [9.17, 15) is 0 Å². The van der Waals surface area contributed by atoms with Gasteiger partial charge in [-0.2, -0.15) is 0 Å². The Kier molecular flexibility index (Phi) is 3.01. The molecule has 3 heterocycles. The summed E-state index contributed by atoms with van der Waals surface area (Å²) in [6.45, 7) is 4.38. The summed E-state index contributed by atoms with van der Waals surface area (Å²) in [5, 5.41) is 1.37. The van der Waals surface area contributed by atoms with E-state index in [-0.39, 0.29) is 0 Å². The summed E-state index contributed by atoms with van der Waals surface area (Å²) in [6, 6.07) is 3.98. The highest BCUT2D eigenvalue weighted by Crippen LogP contribution is 2.25. The lowest BCUT2D eigenvalue weighted by atomic mass is 10.2. The van der Waals surface area contributed by atoms with Crippen molar-refractivity contribution >= 4 is 28.5 Å². The molecule has 1 atom stereocenters. The van der Waals surface area contributed by atoms with E-state index >= 15 is 0 Å². The molecule has 0 radical (unpaired) electrons. The van der Waals surface area contributed by atoms with Crippen molar-refractivity contribution in [2.45, 2.75) is 13.0 Å². The highest BCUT2D eigenvalue weighted by atomic mass is 35.5. The first-order valence-electron chi connectivity index (χ1n) is 5.87. The first-order chi connectivity index (χ1) is 8.75. The second-order valence-corrected chi connectivity index (χ2v) is 4.71. The minimum Gasteiger partial charge on any atom is -0.377 e. The summed E-state index contributed by atoms with van der Waals surface area (Å²) >= 11 is 5.88. The van der Waals surface area contributed by atoms with Gasteiger partial charge in [0.25, 0.3) is 0 Å². The molecule has 0 saturated carbocycles. The van der Waals surface area contributed by atoms with Gasteiger partial charge in [0.15, 0.2) is 5.65 Å². The Balaban J connectivity index is 2.10. The van der Waals surface area contributed by atoms with Gasteiger partial charge in [-0.1, -0.05) is 11.6 Å². The Morgan fingerprint density at radius 1 is 1.39 bits per heavy atom. The molecule has 0 aromatic carbocycles. The van der Waals surface area contributed by atoms with Gasteiger partial charge in [-0.05, 0) is 19.1 Å². The number of pyridine rings is 1. The fraction of sp³-hybridized carbons (Fsp3) is 0.417. The predicted molar refractivity (Wildman–Crippen MR) is 70.0 cm³/mol. The van der Waals surface area contributed by atoms with Crippen LogP contribution in [-0.4, -0.2) is 40.8 Å². The Morgan fingerprint density at radius 2 is 2.28 bits per heavy atom. The SMILES string of the molecule is CC1COCCN1c1ncnc2nc(Cl)ccc12. The van der Waals surface area contributed by atoms with Crippen molar-refractivity contribution in [3.05, 3.63) is 23.6 Å². The number of hydrogen-bond donors (Lipinski definition) is 0. The molecule has 1 fully saturated rings. The van der Waals surface area contributed by atoms with E-state index in [0.29, 0.717) is 23.4 Å². The fourth-order valence-electron chi connectivity index (χ4n) is 2.18. The van der Waals surface area contributed by atoms with Crippen LogP contribution in [0.15, 0.2) is 18.5 Å². The smallest absolute Gasteiger partial charge is 0.166 e. The first-order valence-corrected chi connectivity index (χ1v) is 6.25. The number of anilines is 1. The van der Waals surface area contributed by atoms with Crippen LogP contribution in [0.3, 0.4) is 0 Å².